The molecule has 0 saturated carbocycles. The smallest absolute Gasteiger partial charge is 0.168 e. The lowest BCUT2D eigenvalue weighted by Crippen LogP contribution is -2.10. The Hall–Kier alpha value is -0.630. The number of ketones is 1. The molecule has 2 aliphatic rings. The van der Waals surface area contributed by atoms with Crippen LogP contribution in [0.2, 0.25) is 0 Å². The first-order valence-electron chi connectivity index (χ1n) is 2.73. The Kier molecular flexibility index (Phi) is 0.641. The van der Waals surface area contributed by atoms with Gasteiger partial charge in [0.25, 0.3) is 0 Å². The number of hydrogen-bond donors (Lipinski definition) is 0. The second-order valence-corrected chi connectivity index (χ2v) is 2.15. The van der Waals surface area contributed by atoms with E-state index < -0.39 is 0 Å². The lowest BCUT2D eigenvalue weighted by Gasteiger charge is -1.92. The van der Waals surface area contributed by atoms with E-state index in [4.69, 9.17) is 4.74 Å². The summed E-state index contributed by atoms with van der Waals surface area (Å²) >= 11 is 0. The van der Waals surface area contributed by atoms with Crippen LogP contribution in [-0.2, 0) is 9.53 Å². The average Bonchev–Trinajstić information content (AvgIpc) is 2.23. The van der Waals surface area contributed by atoms with Gasteiger partial charge in [-0.05, 0) is 6.08 Å². The number of carbonyl (C=O) groups is 1. The molecule has 8 heavy (non-hydrogen) atoms. The molecule has 0 N–H and O–H groups in total. The van der Waals surface area contributed by atoms with Gasteiger partial charge in [0.05, 0.1) is 6.10 Å². The second kappa shape index (κ2) is 1.20. The molecular formula is C6H6O2. The minimum atomic E-state index is -0.181. The summed E-state index contributed by atoms with van der Waals surface area (Å²) in [6.07, 6.45) is 4.32. The zero-order valence-corrected chi connectivity index (χ0v) is 4.33. The Morgan fingerprint density at radius 2 is 2.50 bits per heavy atom. The molecule has 0 aromatic heterocycles. The lowest BCUT2D eigenvalue weighted by atomic mass is 10.1. The molecule has 2 heterocycles. The number of fused-ring (bicyclic) bond motifs is 2. The van der Waals surface area contributed by atoms with Gasteiger partial charge in [-0.25, -0.2) is 0 Å². The second-order valence-electron chi connectivity index (χ2n) is 2.15. The van der Waals surface area contributed by atoms with Crippen LogP contribution < -0.4 is 0 Å². The van der Waals surface area contributed by atoms with Gasteiger partial charge in [-0.2, -0.15) is 0 Å². The molecule has 2 rings (SSSR count). The van der Waals surface area contributed by atoms with E-state index in [-0.39, 0.29) is 18.0 Å². The van der Waals surface area contributed by atoms with Crippen molar-refractivity contribution >= 4 is 5.78 Å². The highest BCUT2D eigenvalue weighted by Crippen LogP contribution is 2.24. The maximum atomic E-state index is 10.7. The van der Waals surface area contributed by atoms with Crippen molar-refractivity contribution in [1.29, 1.82) is 0 Å². The molecule has 0 radical (unpaired) electrons. The molecule has 0 aromatic rings. The van der Waals surface area contributed by atoms with Gasteiger partial charge in [0.15, 0.2) is 5.78 Å². The van der Waals surface area contributed by atoms with Gasteiger partial charge in [0, 0.05) is 6.42 Å². The SMILES string of the molecule is O=C1CC2C=C[C@H]1O2. The van der Waals surface area contributed by atoms with E-state index in [1.165, 1.54) is 0 Å². The summed E-state index contributed by atoms with van der Waals surface area (Å²) in [4.78, 5) is 10.7. The summed E-state index contributed by atoms with van der Waals surface area (Å²) in [5, 5.41) is 0. The van der Waals surface area contributed by atoms with Gasteiger partial charge in [0.2, 0.25) is 0 Å². The summed E-state index contributed by atoms with van der Waals surface area (Å²) < 4.78 is 5.12. The van der Waals surface area contributed by atoms with Crippen molar-refractivity contribution < 1.29 is 9.53 Å². The Morgan fingerprint density at radius 3 is 2.75 bits per heavy atom. The van der Waals surface area contributed by atoms with Gasteiger partial charge in [-0.1, -0.05) is 6.08 Å². The van der Waals surface area contributed by atoms with E-state index in [0.717, 1.165) is 0 Å². The van der Waals surface area contributed by atoms with Crippen molar-refractivity contribution in [3.05, 3.63) is 12.2 Å². The molecule has 0 aromatic carbocycles. The van der Waals surface area contributed by atoms with E-state index >= 15 is 0 Å². The monoisotopic (exact) mass is 110 g/mol. The predicted octanol–water partition coefficient (Wildman–Crippen LogP) is 0.283. The Labute approximate surface area is 47.1 Å². The van der Waals surface area contributed by atoms with Gasteiger partial charge in [-0.3, -0.25) is 4.79 Å². The van der Waals surface area contributed by atoms with Crippen LogP contribution in [0, 0.1) is 0 Å². The summed E-state index contributed by atoms with van der Waals surface area (Å²) in [5.41, 5.74) is 0. The zero-order valence-electron chi connectivity index (χ0n) is 4.33. The number of ether oxygens (including phenoxy) is 1. The van der Waals surface area contributed by atoms with Crippen LogP contribution in [0.1, 0.15) is 6.42 Å². The molecule has 1 saturated heterocycles. The molecule has 0 amide bonds. The maximum absolute atomic E-state index is 10.7. The summed E-state index contributed by atoms with van der Waals surface area (Å²) in [6, 6.07) is 0. The quantitative estimate of drug-likeness (QED) is 0.419. The van der Waals surface area contributed by atoms with E-state index in [2.05, 4.69) is 0 Å². The Bertz CT molecular complexity index is 160. The molecule has 0 spiro atoms. The highest BCUT2D eigenvalue weighted by molar-refractivity contribution is 5.88. The lowest BCUT2D eigenvalue weighted by molar-refractivity contribution is -0.120. The first-order chi connectivity index (χ1) is 3.86. The van der Waals surface area contributed by atoms with Crippen molar-refractivity contribution in [2.24, 2.45) is 0 Å². The van der Waals surface area contributed by atoms with Crippen LogP contribution in [0.15, 0.2) is 12.2 Å². The third-order valence-electron chi connectivity index (χ3n) is 1.54. The van der Waals surface area contributed by atoms with Gasteiger partial charge in [0.1, 0.15) is 6.10 Å². The predicted molar refractivity (Wildman–Crippen MR) is 27.4 cm³/mol. The standard InChI is InChI=1S/C6H6O2/c7-5-3-4-1-2-6(5)8-4/h1-2,4,6H,3H2/t4?,6-/m1/s1. The summed E-state index contributed by atoms with van der Waals surface area (Å²) in [6.45, 7) is 0. The number of carbonyl (C=O) groups excluding carboxylic acids is 1. The van der Waals surface area contributed by atoms with Crippen LogP contribution in [0.25, 0.3) is 0 Å². The van der Waals surface area contributed by atoms with E-state index in [1.54, 1.807) is 0 Å². The molecule has 2 nitrogen and oxygen atoms in total. The van der Waals surface area contributed by atoms with Crippen molar-refractivity contribution in [2.75, 3.05) is 0 Å². The van der Waals surface area contributed by atoms with Gasteiger partial charge in [-0.15, -0.1) is 0 Å². The first-order valence-corrected chi connectivity index (χ1v) is 2.73. The molecular weight excluding hydrogens is 104 g/mol. The Morgan fingerprint density at radius 1 is 1.62 bits per heavy atom. The zero-order chi connectivity index (χ0) is 5.56. The fourth-order valence-corrected chi connectivity index (χ4v) is 1.12. The summed E-state index contributed by atoms with van der Waals surface area (Å²) in [5.74, 6) is 0.234. The number of hydrogen-bond acceptors (Lipinski definition) is 2. The molecule has 42 valence electrons. The van der Waals surface area contributed by atoms with Crippen molar-refractivity contribution in [2.45, 2.75) is 18.6 Å². The highest BCUT2D eigenvalue weighted by atomic mass is 16.5. The van der Waals surface area contributed by atoms with Crippen molar-refractivity contribution in [3.63, 3.8) is 0 Å². The minimum Gasteiger partial charge on any atom is -0.359 e. The minimum absolute atomic E-state index is 0.118. The molecule has 2 heteroatoms. The van der Waals surface area contributed by atoms with E-state index in [1.807, 2.05) is 12.2 Å². The van der Waals surface area contributed by atoms with Crippen LogP contribution in [0.4, 0.5) is 0 Å². The normalized spacial score (nSPS) is 41.8. The molecule has 2 atom stereocenters. The Balaban J connectivity index is 2.35. The molecule has 2 aliphatic heterocycles. The highest BCUT2D eigenvalue weighted by Gasteiger charge is 2.34. The van der Waals surface area contributed by atoms with Crippen LogP contribution in [0.3, 0.4) is 0 Å². The van der Waals surface area contributed by atoms with Crippen LogP contribution >= 0.6 is 0 Å². The van der Waals surface area contributed by atoms with Gasteiger partial charge < -0.3 is 4.74 Å². The number of rotatable bonds is 0. The van der Waals surface area contributed by atoms with Crippen LogP contribution in [-0.4, -0.2) is 18.0 Å². The van der Waals surface area contributed by atoms with Crippen molar-refractivity contribution in [1.82, 2.24) is 0 Å². The van der Waals surface area contributed by atoms with E-state index in [0.29, 0.717) is 6.42 Å². The molecule has 1 unspecified atom stereocenters. The average molecular weight is 110 g/mol. The van der Waals surface area contributed by atoms with Gasteiger partial charge >= 0.3 is 0 Å². The van der Waals surface area contributed by atoms with E-state index in [9.17, 15) is 4.79 Å². The van der Waals surface area contributed by atoms with Crippen molar-refractivity contribution in [3.8, 4) is 0 Å². The first kappa shape index (κ1) is 4.27. The third kappa shape index (κ3) is 0.383. The topological polar surface area (TPSA) is 26.3 Å². The summed E-state index contributed by atoms with van der Waals surface area (Å²) in [7, 11) is 0. The molecule has 2 bridgehead atoms. The third-order valence-corrected chi connectivity index (χ3v) is 1.54. The number of Topliss-reactive ketones (excluding diaryl/α,β-unsaturated/α-hetero) is 1. The maximum Gasteiger partial charge on any atom is 0.168 e. The molecule has 1 fully saturated rings. The van der Waals surface area contributed by atoms with Crippen LogP contribution in [0.5, 0.6) is 0 Å². The fourth-order valence-electron chi connectivity index (χ4n) is 1.12. The largest absolute Gasteiger partial charge is 0.359 e. The molecule has 0 aliphatic carbocycles. The fraction of sp³-hybridized carbons (Fsp3) is 0.500.